The second-order valence-electron chi connectivity index (χ2n) is 3.11. The summed E-state index contributed by atoms with van der Waals surface area (Å²) in [4.78, 5) is 0. The van der Waals surface area contributed by atoms with Gasteiger partial charge in [0.1, 0.15) is 0 Å². The Morgan fingerprint density at radius 1 is 1.29 bits per heavy atom. The molecule has 0 aliphatic heterocycles. The van der Waals surface area contributed by atoms with Crippen molar-refractivity contribution in [2.75, 3.05) is 17.5 Å². The van der Waals surface area contributed by atoms with Gasteiger partial charge in [0.25, 0.3) is 10.2 Å². The van der Waals surface area contributed by atoms with Gasteiger partial charge in [0, 0.05) is 7.05 Å². The first-order valence-electron chi connectivity index (χ1n) is 4.34. The molecule has 0 saturated heterocycles. The van der Waals surface area contributed by atoms with Crippen molar-refractivity contribution in [3.05, 3.63) is 23.8 Å². The molecule has 0 fully saturated rings. The summed E-state index contributed by atoms with van der Waals surface area (Å²) in [6.45, 7) is 0. The lowest BCUT2D eigenvalue weighted by molar-refractivity contribution is -0.137. The summed E-state index contributed by atoms with van der Waals surface area (Å²) >= 11 is 0. The zero-order chi connectivity index (χ0) is 13.3. The second kappa shape index (κ2) is 4.41. The molecule has 0 bridgehead atoms. The van der Waals surface area contributed by atoms with E-state index in [1.807, 2.05) is 9.44 Å². The first kappa shape index (κ1) is 13.6. The van der Waals surface area contributed by atoms with Crippen molar-refractivity contribution in [3.63, 3.8) is 0 Å². The molecule has 0 aliphatic rings. The van der Waals surface area contributed by atoms with Gasteiger partial charge in [-0.2, -0.15) is 21.6 Å². The van der Waals surface area contributed by atoms with E-state index >= 15 is 0 Å². The van der Waals surface area contributed by atoms with E-state index in [2.05, 4.69) is 0 Å². The summed E-state index contributed by atoms with van der Waals surface area (Å²) in [6, 6.07) is 2.35. The number of nitrogens with one attached hydrogen (secondary N) is 2. The summed E-state index contributed by atoms with van der Waals surface area (Å²) in [5.74, 6) is 0. The molecule has 5 nitrogen and oxygen atoms in total. The third-order valence-corrected chi connectivity index (χ3v) is 2.92. The fourth-order valence-corrected chi connectivity index (χ4v) is 1.61. The van der Waals surface area contributed by atoms with E-state index in [1.54, 1.807) is 0 Å². The quantitative estimate of drug-likeness (QED) is 0.720. The molecule has 17 heavy (non-hydrogen) atoms. The number of rotatable bonds is 3. The summed E-state index contributed by atoms with van der Waals surface area (Å²) in [7, 11) is -2.65. The van der Waals surface area contributed by atoms with Crippen LogP contribution in [0.1, 0.15) is 5.56 Å². The van der Waals surface area contributed by atoms with Crippen LogP contribution in [0.15, 0.2) is 18.2 Å². The molecular formula is C8H10F3N3O2S. The summed E-state index contributed by atoms with van der Waals surface area (Å²) in [6.07, 6.45) is -4.52. The van der Waals surface area contributed by atoms with E-state index in [1.165, 1.54) is 0 Å². The van der Waals surface area contributed by atoms with Gasteiger partial charge in [0.05, 0.1) is 16.9 Å². The zero-order valence-electron chi connectivity index (χ0n) is 8.67. The number of hydrogen-bond donors (Lipinski definition) is 3. The van der Waals surface area contributed by atoms with Gasteiger partial charge < -0.3 is 5.73 Å². The molecule has 1 aromatic carbocycles. The number of hydrogen-bond acceptors (Lipinski definition) is 3. The predicted molar refractivity (Wildman–Crippen MR) is 57.5 cm³/mol. The van der Waals surface area contributed by atoms with E-state index in [4.69, 9.17) is 5.73 Å². The Hall–Kier alpha value is -1.48. The normalized spacial score (nSPS) is 12.5. The molecule has 0 spiro atoms. The topological polar surface area (TPSA) is 84.2 Å². The fraction of sp³-hybridized carbons (Fsp3) is 0.250. The minimum Gasteiger partial charge on any atom is -0.397 e. The molecule has 1 aromatic rings. The Balaban J connectivity index is 3.07. The maximum Gasteiger partial charge on any atom is 0.416 e. The molecule has 0 aliphatic carbocycles. The molecule has 0 radical (unpaired) electrons. The largest absolute Gasteiger partial charge is 0.416 e. The third kappa shape index (κ3) is 3.49. The SMILES string of the molecule is CNS(=O)(=O)Nc1ccc(C(F)(F)F)cc1N. The van der Waals surface area contributed by atoms with Gasteiger partial charge in [-0.1, -0.05) is 0 Å². The fourth-order valence-electron chi connectivity index (χ4n) is 1.03. The number of benzene rings is 1. The predicted octanol–water partition coefficient (Wildman–Crippen LogP) is 1.16. The summed E-state index contributed by atoms with van der Waals surface area (Å²) < 4.78 is 63.0. The first-order chi connectivity index (χ1) is 7.65. The first-order valence-corrected chi connectivity index (χ1v) is 5.82. The van der Waals surface area contributed by atoms with Crippen LogP contribution < -0.4 is 15.2 Å². The molecule has 0 unspecified atom stereocenters. The number of nitrogens with two attached hydrogens (primary N) is 1. The van der Waals surface area contributed by atoms with Crippen molar-refractivity contribution >= 4 is 21.6 Å². The van der Waals surface area contributed by atoms with Gasteiger partial charge in [-0.15, -0.1) is 0 Å². The Labute approximate surface area is 96.0 Å². The Morgan fingerprint density at radius 2 is 1.88 bits per heavy atom. The maximum atomic E-state index is 12.3. The summed E-state index contributed by atoms with van der Waals surface area (Å²) in [5.41, 5.74) is 3.96. The van der Waals surface area contributed by atoms with Crippen molar-refractivity contribution in [1.29, 1.82) is 0 Å². The van der Waals surface area contributed by atoms with Crippen LogP contribution >= 0.6 is 0 Å². The molecule has 4 N–H and O–H groups in total. The monoisotopic (exact) mass is 269 g/mol. The van der Waals surface area contributed by atoms with Crippen molar-refractivity contribution in [3.8, 4) is 0 Å². The van der Waals surface area contributed by atoms with Crippen LogP contribution in [0.3, 0.4) is 0 Å². The van der Waals surface area contributed by atoms with Crippen LogP contribution in [0.4, 0.5) is 24.5 Å². The average Bonchev–Trinajstić information content (AvgIpc) is 2.19. The van der Waals surface area contributed by atoms with Crippen molar-refractivity contribution in [2.45, 2.75) is 6.18 Å². The lowest BCUT2D eigenvalue weighted by Gasteiger charge is -2.12. The number of alkyl halides is 3. The van der Waals surface area contributed by atoms with E-state index in [0.717, 1.165) is 19.2 Å². The number of anilines is 2. The second-order valence-corrected chi connectivity index (χ2v) is 4.73. The molecule has 0 heterocycles. The van der Waals surface area contributed by atoms with E-state index < -0.39 is 21.9 Å². The Kier molecular flexibility index (Phi) is 3.53. The lowest BCUT2D eigenvalue weighted by atomic mass is 10.2. The van der Waals surface area contributed by atoms with Gasteiger partial charge in [-0.3, -0.25) is 4.72 Å². The van der Waals surface area contributed by atoms with Crippen LogP contribution in [0.25, 0.3) is 0 Å². The van der Waals surface area contributed by atoms with E-state index in [-0.39, 0.29) is 11.4 Å². The highest BCUT2D eigenvalue weighted by molar-refractivity contribution is 7.90. The number of halogens is 3. The van der Waals surface area contributed by atoms with Gasteiger partial charge in [0.2, 0.25) is 0 Å². The Morgan fingerprint density at radius 3 is 2.29 bits per heavy atom. The van der Waals surface area contributed by atoms with Crippen LogP contribution in [-0.2, 0) is 16.4 Å². The Bertz CT molecular complexity index is 513. The highest BCUT2D eigenvalue weighted by Gasteiger charge is 2.30. The molecule has 0 saturated carbocycles. The standard InChI is InChI=1S/C8H10F3N3O2S/c1-13-17(15,16)14-7-3-2-5(4-6(7)12)8(9,10)11/h2-4,13-14H,12H2,1H3. The van der Waals surface area contributed by atoms with Crippen molar-refractivity contribution < 1.29 is 21.6 Å². The van der Waals surface area contributed by atoms with Gasteiger partial charge >= 0.3 is 6.18 Å². The highest BCUT2D eigenvalue weighted by Crippen LogP contribution is 2.32. The molecule has 9 heteroatoms. The van der Waals surface area contributed by atoms with Crippen LogP contribution in [-0.4, -0.2) is 15.5 Å². The number of nitrogen functional groups attached to an aromatic ring is 1. The molecule has 1 rings (SSSR count). The maximum absolute atomic E-state index is 12.3. The highest BCUT2D eigenvalue weighted by atomic mass is 32.2. The lowest BCUT2D eigenvalue weighted by Crippen LogP contribution is -2.26. The van der Waals surface area contributed by atoms with Crippen LogP contribution in [0, 0.1) is 0 Å². The van der Waals surface area contributed by atoms with Crippen LogP contribution in [0.5, 0.6) is 0 Å². The van der Waals surface area contributed by atoms with Gasteiger partial charge in [-0.25, -0.2) is 4.72 Å². The zero-order valence-corrected chi connectivity index (χ0v) is 9.48. The van der Waals surface area contributed by atoms with Gasteiger partial charge in [-0.05, 0) is 18.2 Å². The minimum atomic E-state index is -4.52. The molecule has 96 valence electrons. The van der Waals surface area contributed by atoms with E-state index in [9.17, 15) is 21.6 Å². The van der Waals surface area contributed by atoms with Crippen molar-refractivity contribution in [1.82, 2.24) is 4.72 Å². The van der Waals surface area contributed by atoms with Gasteiger partial charge in [0.15, 0.2) is 0 Å². The molecule has 0 atom stereocenters. The van der Waals surface area contributed by atoms with E-state index in [0.29, 0.717) is 6.07 Å². The molecule has 0 amide bonds. The minimum absolute atomic E-state index is 0.118. The molecular weight excluding hydrogens is 259 g/mol. The smallest absolute Gasteiger partial charge is 0.397 e. The van der Waals surface area contributed by atoms with Crippen molar-refractivity contribution in [2.24, 2.45) is 0 Å². The summed E-state index contributed by atoms with van der Waals surface area (Å²) in [5, 5.41) is 0. The average molecular weight is 269 g/mol. The van der Waals surface area contributed by atoms with Crippen LogP contribution in [0.2, 0.25) is 0 Å². The third-order valence-electron chi connectivity index (χ3n) is 1.89. The molecule has 0 aromatic heterocycles.